The summed E-state index contributed by atoms with van der Waals surface area (Å²) in [7, 11) is 0. The SMILES string of the molecule is CC1=CCC=C(F)C(Cl)=C1. The Labute approximate surface area is 64.7 Å². The van der Waals surface area contributed by atoms with Crippen molar-refractivity contribution in [2.75, 3.05) is 0 Å². The molecule has 0 N–H and O–H groups in total. The van der Waals surface area contributed by atoms with E-state index in [0.717, 1.165) is 5.57 Å². The molecule has 0 heterocycles. The molecule has 1 rings (SSSR count). The van der Waals surface area contributed by atoms with Crippen molar-refractivity contribution < 1.29 is 4.39 Å². The van der Waals surface area contributed by atoms with Crippen molar-refractivity contribution in [3.8, 4) is 0 Å². The Balaban J connectivity index is 2.92. The van der Waals surface area contributed by atoms with Crippen molar-refractivity contribution >= 4 is 11.6 Å². The van der Waals surface area contributed by atoms with E-state index in [1.807, 2.05) is 13.0 Å². The Morgan fingerprint density at radius 3 is 2.90 bits per heavy atom. The van der Waals surface area contributed by atoms with Crippen LogP contribution in [-0.4, -0.2) is 0 Å². The summed E-state index contributed by atoms with van der Waals surface area (Å²) in [6.07, 6.45) is 5.65. The molecule has 2 heteroatoms. The number of halogens is 2. The van der Waals surface area contributed by atoms with Gasteiger partial charge in [-0.25, -0.2) is 4.39 Å². The lowest BCUT2D eigenvalue weighted by Crippen LogP contribution is -1.71. The molecule has 0 saturated carbocycles. The summed E-state index contributed by atoms with van der Waals surface area (Å²) in [4.78, 5) is 0. The summed E-state index contributed by atoms with van der Waals surface area (Å²) in [6.45, 7) is 1.90. The molecule has 54 valence electrons. The van der Waals surface area contributed by atoms with Crippen LogP contribution in [0.15, 0.2) is 34.7 Å². The normalized spacial score (nSPS) is 18.9. The molecule has 0 aromatic rings. The van der Waals surface area contributed by atoms with Gasteiger partial charge in [-0.1, -0.05) is 23.3 Å². The minimum atomic E-state index is -0.324. The van der Waals surface area contributed by atoms with Gasteiger partial charge in [0.2, 0.25) is 0 Å². The second kappa shape index (κ2) is 3.02. The number of rotatable bonds is 0. The maximum atomic E-state index is 12.6. The van der Waals surface area contributed by atoms with Gasteiger partial charge in [0.1, 0.15) is 5.83 Å². The third kappa shape index (κ3) is 1.71. The van der Waals surface area contributed by atoms with E-state index in [0.29, 0.717) is 6.42 Å². The van der Waals surface area contributed by atoms with Crippen molar-refractivity contribution in [3.05, 3.63) is 34.7 Å². The molecule has 0 radical (unpaired) electrons. The van der Waals surface area contributed by atoms with Gasteiger partial charge in [-0.3, -0.25) is 0 Å². The third-order valence-electron chi connectivity index (χ3n) is 1.32. The summed E-state index contributed by atoms with van der Waals surface area (Å²) < 4.78 is 12.6. The first kappa shape index (κ1) is 7.55. The first-order chi connectivity index (χ1) is 4.70. The van der Waals surface area contributed by atoms with Gasteiger partial charge >= 0.3 is 0 Å². The highest BCUT2D eigenvalue weighted by Gasteiger charge is 2.02. The van der Waals surface area contributed by atoms with E-state index in [-0.39, 0.29) is 10.9 Å². The summed E-state index contributed by atoms with van der Waals surface area (Å²) in [5.41, 5.74) is 1.01. The molecule has 0 atom stereocenters. The fraction of sp³-hybridized carbons (Fsp3) is 0.250. The molecule has 0 aromatic heterocycles. The summed E-state index contributed by atoms with van der Waals surface area (Å²) in [5.74, 6) is -0.324. The van der Waals surface area contributed by atoms with E-state index < -0.39 is 0 Å². The van der Waals surface area contributed by atoms with E-state index in [4.69, 9.17) is 11.6 Å². The van der Waals surface area contributed by atoms with E-state index in [2.05, 4.69) is 0 Å². The van der Waals surface area contributed by atoms with E-state index in [1.54, 1.807) is 6.08 Å². The number of hydrogen-bond acceptors (Lipinski definition) is 0. The highest BCUT2D eigenvalue weighted by atomic mass is 35.5. The molecule has 0 amide bonds. The van der Waals surface area contributed by atoms with Crippen LogP contribution in [0.1, 0.15) is 13.3 Å². The Hall–Kier alpha value is -0.560. The van der Waals surface area contributed by atoms with Crippen molar-refractivity contribution in [2.24, 2.45) is 0 Å². The first-order valence-corrected chi connectivity index (χ1v) is 3.48. The van der Waals surface area contributed by atoms with Crippen molar-refractivity contribution in [3.63, 3.8) is 0 Å². The van der Waals surface area contributed by atoms with Crippen LogP contribution < -0.4 is 0 Å². The third-order valence-corrected chi connectivity index (χ3v) is 1.61. The standard InChI is InChI=1S/C8H8ClF/c1-6-3-2-4-8(10)7(9)5-6/h3-5H,2H2,1H3. The molecule has 1 aliphatic rings. The van der Waals surface area contributed by atoms with E-state index >= 15 is 0 Å². The first-order valence-electron chi connectivity index (χ1n) is 3.10. The largest absolute Gasteiger partial charge is 0.206 e. The predicted octanol–water partition coefficient (Wildman–Crippen LogP) is 3.31. The van der Waals surface area contributed by atoms with Gasteiger partial charge in [0.25, 0.3) is 0 Å². The quantitative estimate of drug-likeness (QED) is 0.508. The lowest BCUT2D eigenvalue weighted by Gasteiger charge is -1.89. The van der Waals surface area contributed by atoms with Gasteiger partial charge in [0.15, 0.2) is 0 Å². The highest BCUT2D eigenvalue weighted by molar-refractivity contribution is 6.31. The van der Waals surface area contributed by atoms with Crippen LogP contribution in [-0.2, 0) is 0 Å². The van der Waals surface area contributed by atoms with Crippen LogP contribution in [0.5, 0.6) is 0 Å². The molecular formula is C8H8ClF. The van der Waals surface area contributed by atoms with Crippen LogP contribution in [0.4, 0.5) is 4.39 Å². The molecule has 1 aliphatic carbocycles. The maximum Gasteiger partial charge on any atom is 0.138 e. The van der Waals surface area contributed by atoms with Crippen molar-refractivity contribution in [2.45, 2.75) is 13.3 Å². The van der Waals surface area contributed by atoms with Crippen LogP contribution >= 0.6 is 11.6 Å². The summed E-state index contributed by atoms with van der Waals surface area (Å²) >= 11 is 5.54. The van der Waals surface area contributed by atoms with Crippen LogP contribution in [0.2, 0.25) is 0 Å². The molecule has 0 unspecified atom stereocenters. The average molecular weight is 159 g/mol. The summed E-state index contributed by atoms with van der Waals surface area (Å²) in [6, 6.07) is 0. The van der Waals surface area contributed by atoms with Gasteiger partial charge in [-0.15, -0.1) is 0 Å². The molecule has 0 aromatic carbocycles. The lowest BCUT2D eigenvalue weighted by molar-refractivity contribution is 0.659. The van der Waals surface area contributed by atoms with Crippen LogP contribution in [0, 0.1) is 0 Å². The molecular weight excluding hydrogens is 151 g/mol. The molecule has 0 nitrogen and oxygen atoms in total. The van der Waals surface area contributed by atoms with Crippen LogP contribution in [0.3, 0.4) is 0 Å². The number of allylic oxidation sites excluding steroid dienone is 6. The second-order valence-electron chi connectivity index (χ2n) is 2.23. The molecule has 0 aliphatic heterocycles. The smallest absolute Gasteiger partial charge is 0.138 e. The number of hydrogen-bond donors (Lipinski definition) is 0. The van der Waals surface area contributed by atoms with Crippen molar-refractivity contribution in [1.82, 2.24) is 0 Å². The predicted molar refractivity (Wildman–Crippen MR) is 41.5 cm³/mol. The van der Waals surface area contributed by atoms with Gasteiger partial charge in [-0.2, -0.15) is 0 Å². The Bertz CT molecular complexity index is 223. The molecule has 0 fully saturated rings. The zero-order chi connectivity index (χ0) is 7.56. The van der Waals surface area contributed by atoms with Gasteiger partial charge in [0.05, 0.1) is 5.03 Å². The zero-order valence-electron chi connectivity index (χ0n) is 5.70. The fourth-order valence-corrected chi connectivity index (χ4v) is 1.02. The van der Waals surface area contributed by atoms with Gasteiger partial charge in [-0.05, 0) is 25.5 Å². The van der Waals surface area contributed by atoms with Crippen molar-refractivity contribution in [1.29, 1.82) is 0 Å². The Kier molecular flexibility index (Phi) is 2.28. The van der Waals surface area contributed by atoms with Crippen LogP contribution in [0.25, 0.3) is 0 Å². The molecule has 10 heavy (non-hydrogen) atoms. The van der Waals surface area contributed by atoms with Gasteiger partial charge < -0.3 is 0 Å². The monoisotopic (exact) mass is 158 g/mol. The minimum absolute atomic E-state index is 0.200. The highest BCUT2D eigenvalue weighted by Crippen LogP contribution is 2.21. The molecule has 0 spiro atoms. The zero-order valence-corrected chi connectivity index (χ0v) is 6.45. The lowest BCUT2D eigenvalue weighted by atomic mass is 10.2. The average Bonchev–Trinajstić information content (AvgIpc) is 1.96. The van der Waals surface area contributed by atoms with Gasteiger partial charge in [0, 0.05) is 0 Å². The molecule has 0 bridgehead atoms. The molecule has 0 saturated heterocycles. The topological polar surface area (TPSA) is 0 Å². The van der Waals surface area contributed by atoms with E-state index in [9.17, 15) is 4.39 Å². The Morgan fingerprint density at radius 2 is 2.20 bits per heavy atom. The minimum Gasteiger partial charge on any atom is -0.206 e. The summed E-state index contributed by atoms with van der Waals surface area (Å²) in [5, 5.41) is 0.200. The van der Waals surface area contributed by atoms with E-state index in [1.165, 1.54) is 6.08 Å². The second-order valence-corrected chi connectivity index (χ2v) is 2.64. The fourth-order valence-electron chi connectivity index (χ4n) is 0.774. The Morgan fingerprint density at radius 1 is 1.50 bits per heavy atom. The maximum absolute atomic E-state index is 12.6.